The van der Waals surface area contributed by atoms with Crippen molar-refractivity contribution < 1.29 is 17.6 Å². The molecule has 2 nitrogen and oxygen atoms in total. The van der Waals surface area contributed by atoms with Gasteiger partial charge in [0.05, 0.1) is 11.3 Å². The molecule has 0 N–H and O–H groups in total. The molecule has 90 valence electrons. The van der Waals surface area contributed by atoms with Crippen LogP contribution >= 0.6 is 0 Å². The van der Waals surface area contributed by atoms with Gasteiger partial charge in [-0.25, -0.2) is 4.98 Å². The summed E-state index contributed by atoms with van der Waals surface area (Å²) in [5, 5.41) is 0. The van der Waals surface area contributed by atoms with Gasteiger partial charge in [0, 0.05) is 5.56 Å². The van der Waals surface area contributed by atoms with Gasteiger partial charge in [-0.1, -0.05) is 6.92 Å². The minimum atomic E-state index is -4.32. The summed E-state index contributed by atoms with van der Waals surface area (Å²) in [5.41, 5.74) is 0.640. The maximum Gasteiger partial charge on any atom is 0.416 e. The van der Waals surface area contributed by atoms with Gasteiger partial charge in [-0.15, -0.1) is 0 Å². The van der Waals surface area contributed by atoms with Gasteiger partial charge < -0.3 is 4.42 Å². The Labute approximate surface area is 96.1 Å². The SMILES string of the molecule is CCc1coc(-c2ccc(C(F)(F)F)cc2)n1. The van der Waals surface area contributed by atoms with Crippen LogP contribution in [0.25, 0.3) is 11.5 Å². The van der Waals surface area contributed by atoms with Crippen LogP contribution in [0, 0.1) is 0 Å². The average molecular weight is 241 g/mol. The van der Waals surface area contributed by atoms with Crippen LogP contribution in [0.3, 0.4) is 0 Å². The van der Waals surface area contributed by atoms with Gasteiger partial charge >= 0.3 is 6.18 Å². The first-order valence-electron chi connectivity index (χ1n) is 5.12. The lowest BCUT2D eigenvalue weighted by Crippen LogP contribution is -2.03. The van der Waals surface area contributed by atoms with Gasteiger partial charge in [0.25, 0.3) is 0 Å². The van der Waals surface area contributed by atoms with E-state index in [0.29, 0.717) is 11.5 Å². The molecule has 0 aliphatic rings. The molecule has 0 fully saturated rings. The number of nitrogens with zero attached hydrogens (tertiary/aromatic N) is 1. The molecular formula is C12H10F3NO. The second-order valence-electron chi connectivity index (χ2n) is 3.57. The van der Waals surface area contributed by atoms with E-state index in [9.17, 15) is 13.2 Å². The average Bonchev–Trinajstić information content (AvgIpc) is 2.76. The summed E-state index contributed by atoms with van der Waals surface area (Å²) in [4.78, 5) is 4.14. The first-order chi connectivity index (χ1) is 8.00. The molecule has 2 aromatic rings. The predicted octanol–water partition coefficient (Wildman–Crippen LogP) is 3.92. The van der Waals surface area contributed by atoms with E-state index in [2.05, 4.69) is 4.98 Å². The largest absolute Gasteiger partial charge is 0.444 e. The van der Waals surface area contributed by atoms with Crippen LogP contribution < -0.4 is 0 Å². The molecule has 0 amide bonds. The molecule has 0 spiro atoms. The molecule has 1 aromatic heterocycles. The van der Waals surface area contributed by atoms with E-state index >= 15 is 0 Å². The van der Waals surface area contributed by atoms with E-state index in [1.165, 1.54) is 18.4 Å². The number of rotatable bonds is 2. The van der Waals surface area contributed by atoms with Gasteiger partial charge in [-0.3, -0.25) is 0 Å². The van der Waals surface area contributed by atoms with Crippen LogP contribution in [-0.2, 0) is 12.6 Å². The lowest BCUT2D eigenvalue weighted by atomic mass is 10.1. The van der Waals surface area contributed by atoms with E-state index in [1.54, 1.807) is 0 Å². The number of aromatic nitrogens is 1. The lowest BCUT2D eigenvalue weighted by molar-refractivity contribution is -0.137. The van der Waals surface area contributed by atoms with Crippen molar-refractivity contribution in [3.05, 3.63) is 41.8 Å². The molecule has 17 heavy (non-hydrogen) atoms. The van der Waals surface area contributed by atoms with Crippen molar-refractivity contribution in [3.8, 4) is 11.5 Å². The van der Waals surface area contributed by atoms with Gasteiger partial charge in [-0.05, 0) is 30.7 Å². The zero-order valence-corrected chi connectivity index (χ0v) is 9.08. The fourth-order valence-electron chi connectivity index (χ4n) is 1.40. The Kier molecular flexibility index (Phi) is 2.92. The Balaban J connectivity index is 2.29. The third kappa shape index (κ3) is 2.49. The molecule has 1 aromatic carbocycles. The van der Waals surface area contributed by atoms with Crippen LogP contribution in [0.5, 0.6) is 0 Å². The van der Waals surface area contributed by atoms with Gasteiger partial charge in [0.15, 0.2) is 0 Å². The molecule has 0 saturated heterocycles. The highest BCUT2D eigenvalue weighted by molar-refractivity contribution is 5.53. The minimum Gasteiger partial charge on any atom is -0.444 e. The van der Waals surface area contributed by atoms with Gasteiger partial charge in [-0.2, -0.15) is 13.2 Å². The molecule has 1 heterocycles. The van der Waals surface area contributed by atoms with Crippen LogP contribution in [0.2, 0.25) is 0 Å². The maximum atomic E-state index is 12.3. The highest BCUT2D eigenvalue weighted by Crippen LogP contribution is 2.30. The summed E-state index contributed by atoms with van der Waals surface area (Å²) in [5.74, 6) is 0.343. The minimum absolute atomic E-state index is 0.343. The Morgan fingerprint density at radius 3 is 2.29 bits per heavy atom. The third-order valence-corrected chi connectivity index (χ3v) is 2.37. The summed E-state index contributed by atoms with van der Waals surface area (Å²) in [7, 11) is 0. The maximum absolute atomic E-state index is 12.3. The molecule has 0 bridgehead atoms. The second-order valence-corrected chi connectivity index (χ2v) is 3.57. The van der Waals surface area contributed by atoms with E-state index in [-0.39, 0.29) is 0 Å². The number of aryl methyl sites for hydroxylation is 1. The molecule has 0 aliphatic carbocycles. The predicted molar refractivity (Wildman–Crippen MR) is 56.3 cm³/mol. The molecule has 2 rings (SSSR count). The molecule has 5 heteroatoms. The number of hydrogen-bond donors (Lipinski definition) is 0. The molecule has 0 atom stereocenters. The van der Waals surface area contributed by atoms with Crippen molar-refractivity contribution in [1.29, 1.82) is 0 Å². The van der Waals surface area contributed by atoms with Crippen molar-refractivity contribution in [2.45, 2.75) is 19.5 Å². The zero-order valence-electron chi connectivity index (χ0n) is 9.08. The van der Waals surface area contributed by atoms with Crippen molar-refractivity contribution in [2.75, 3.05) is 0 Å². The van der Waals surface area contributed by atoms with Crippen LogP contribution in [0.4, 0.5) is 13.2 Å². The van der Waals surface area contributed by atoms with Crippen molar-refractivity contribution in [1.82, 2.24) is 4.98 Å². The van der Waals surface area contributed by atoms with E-state index < -0.39 is 11.7 Å². The third-order valence-electron chi connectivity index (χ3n) is 2.37. The van der Waals surface area contributed by atoms with Crippen LogP contribution in [0.15, 0.2) is 34.9 Å². The Hall–Kier alpha value is -1.78. The van der Waals surface area contributed by atoms with Crippen molar-refractivity contribution in [3.63, 3.8) is 0 Å². The lowest BCUT2D eigenvalue weighted by Gasteiger charge is -2.05. The molecule has 0 aliphatic heterocycles. The summed E-state index contributed by atoms with van der Waals surface area (Å²) in [6, 6.07) is 4.75. The number of halogens is 3. The van der Waals surface area contributed by atoms with E-state index in [0.717, 1.165) is 24.2 Å². The smallest absolute Gasteiger partial charge is 0.416 e. The number of alkyl halides is 3. The topological polar surface area (TPSA) is 26.0 Å². The van der Waals surface area contributed by atoms with Crippen molar-refractivity contribution in [2.24, 2.45) is 0 Å². The fourth-order valence-corrected chi connectivity index (χ4v) is 1.40. The molecule has 0 unspecified atom stereocenters. The van der Waals surface area contributed by atoms with Crippen molar-refractivity contribution >= 4 is 0 Å². The summed E-state index contributed by atoms with van der Waals surface area (Å²) in [6.07, 6.45) is -2.08. The first kappa shape index (κ1) is 11.7. The summed E-state index contributed by atoms with van der Waals surface area (Å²) < 4.78 is 42.2. The normalized spacial score (nSPS) is 11.8. The fraction of sp³-hybridized carbons (Fsp3) is 0.250. The highest BCUT2D eigenvalue weighted by Gasteiger charge is 2.30. The highest BCUT2D eigenvalue weighted by atomic mass is 19.4. The standard InChI is InChI=1S/C12H10F3NO/c1-2-10-7-17-11(16-10)8-3-5-9(6-4-8)12(13,14)15/h3-7H,2H2,1H3. The Bertz CT molecular complexity index is 499. The quantitative estimate of drug-likeness (QED) is 0.796. The number of oxazole rings is 1. The van der Waals surface area contributed by atoms with Gasteiger partial charge in [0.2, 0.25) is 5.89 Å². The van der Waals surface area contributed by atoms with E-state index in [1.807, 2.05) is 6.92 Å². The molecule has 0 saturated carbocycles. The summed E-state index contributed by atoms with van der Waals surface area (Å²) in [6.45, 7) is 1.92. The Morgan fingerprint density at radius 2 is 1.82 bits per heavy atom. The van der Waals surface area contributed by atoms with E-state index in [4.69, 9.17) is 4.42 Å². The zero-order chi connectivity index (χ0) is 12.5. The summed E-state index contributed by atoms with van der Waals surface area (Å²) >= 11 is 0. The Morgan fingerprint density at radius 1 is 1.18 bits per heavy atom. The number of benzene rings is 1. The van der Waals surface area contributed by atoms with Gasteiger partial charge in [0.1, 0.15) is 6.26 Å². The first-order valence-corrected chi connectivity index (χ1v) is 5.12. The van der Waals surface area contributed by atoms with Crippen LogP contribution in [0.1, 0.15) is 18.2 Å². The molecular weight excluding hydrogens is 231 g/mol. The molecule has 0 radical (unpaired) electrons. The monoisotopic (exact) mass is 241 g/mol. The number of hydrogen-bond acceptors (Lipinski definition) is 2. The van der Waals surface area contributed by atoms with Crippen LogP contribution in [-0.4, -0.2) is 4.98 Å². The second kappa shape index (κ2) is 4.24.